The topological polar surface area (TPSA) is 67.8 Å². The second kappa shape index (κ2) is 10.6. The summed E-state index contributed by atoms with van der Waals surface area (Å²) in [6.45, 7) is 2.41. The Kier molecular flexibility index (Phi) is 7.92. The molecule has 0 spiro atoms. The third-order valence-corrected chi connectivity index (χ3v) is 5.52. The van der Waals surface area contributed by atoms with Crippen LogP contribution < -0.4 is 10.2 Å². The zero-order valence-electron chi connectivity index (χ0n) is 16.6. The second-order valence-electron chi connectivity index (χ2n) is 7.55. The number of benzene rings is 2. The van der Waals surface area contributed by atoms with E-state index in [1.807, 2.05) is 31.2 Å². The van der Waals surface area contributed by atoms with Crippen LogP contribution in [-0.4, -0.2) is 23.7 Å². The van der Waals surface area contributed by atoms with Crippen molar-refractivity contribution in [3.8, 4) is 5.75 Å². The molecule has 29 heavy (non-hydrogen) atoms. The lowest BCUT2D eigenvalue weighted by molar-refractivity contribution is -0.213. The summed E-state index contributed by atoms with van der Waals surface area (Å²) >= 11 is 6.00. The molecule has 0 amide bonds. The minimum absolute atomic E-state index is 0.344. The Balaban J connectivity index is 1.49. The number of hydrogen-bond acceptors (Lipinski definition) is 5. The first kappa shape index (κ1) is 21.6. The predicted molar refractivity (Wildman–Crippen MR) is 113 cm³/mol. The molecule has 0 radical (unpaired) electrons. The van der Waals surface area contributed by atoms with Crippen LogP contribution in [0, 0.1) is 0 Å². The molecule has 2 unspecified atom stereocenters. The van der Waals surface area contributed by atoms with E-state index in [2.05, 4.69) is 11.4 Å². The standard InChI is InChI=1S/C23H28ClNO4/c1-2-5-23(27)29-28-21-9-4-6-16(14-21)17-10-11-20(13-17)25-15-22(26)18-7-3-8-19(24)12-18/h3-4,6-9,12,14,17,20,22,25-26H,2,5,10-11,13,15H2,1H3/t17?,20?,22-/m0/s1. The minimum atomic E-state index is -0.581. The largest absolute Gasteiger partial charge is 0.387 e. The maximum Gasteiger partial charge on any atom is 0.355 e. The summed E-state index contributed by atoms with van der Waals surface area (Å²) in [6, 6.07) is 15.4. The van der Waals surface area contributed by atoms with Crippen molar-refractivity contribution in [1.82, 2.24) is 5.32 Å². The Morgan fingerprint density at radius 1 is 1.24 bits per heavy atom. The van der Waals surface area contributed by atoms with Crippen LogP contribution >= 0.6 is 11.6 Å². The highest BCUT2D eigenvalue weighted by Gasteiger charge is 2.26. The summed E-state index contributed by atoms with van der Waals surface area (Å²) in [5.74, 6) is 0.590. The zero-order valence-corrected chi connectivity index (χ0v) is 17.4. The molecule has 0 heterocycles. The summed E-state index contributed by atoms with van der Waals surface area (Å²) in [5.41, 5.74) is 2.00. The van der Waals surface area contributed by atoms with Crippen LogP contribution in [0.5, 0.6) is 5.75 Å². The van der Waals surface area contributed by atoms with Crippen LogP contribution in [0.25, 0.3) is 0 Å². The SMILES string of the molecule is CCCC(=O)OOc1cccc(C2CCC(NC[C@H](O)c3cccc(Cl)c3)C2)c1. The first-order valence-electron chi connectivity index (χ1n) is 10.2. The molecule has 156 valence electrons. The second-order valence-corrected chi connectivity index (χ2v) is 7.98. The molecule has 2 N–H and O–H groups in total. The van der Waals surface area contributed by atoms with Gasteiger partial charge in [0.05, 0.1) is 6.10 Å². The van der Waals surface area contributed by atoms with Crippen molar-refractivity contribution in [3.63, 3.8) is 0 Å². The van der Waals surface area contributed by atoms with Crippen molar-refractivity contribution in [1.29, 1.82) is 0 Å². The van der Waals surface area contributed by atoms with Crippen molar-refractivity contribution in [2.45, 2.75) is 57.1 Å². The fraction of sp³-hybridized carbons (Fsp3) is 0.435. The van der Waals surface area contributed by atoms with E-state index in [0.717, 1.165) is 31.2 Å². The lowest BCUT2D eigenvalue weighted by Gasteiger charge is -2.17. The third kappa shape index (κ3) is 6.46. The Labute approximate surface area is 176 Å². The third-order valence-electron chi connectivity index (χ3n) is 5.28. The van der Waals surface area contributed by atoms with Gasteiger partial charge in [0, 0.05) is 24.0 Å². The molecule has 1 aliphatic rings. The number of carbonyl (C=O) groups excluding carboxylic acids is 1. The van der Waals surface area contributed by atoms with E-state index in [4.69, 9.17) is 21.4 Å². The molecule has 1 aliphatic carbocycles. The molecule has 0 aliphatic heterocycles. The molecule has 2 aromatic rings. The van der Waals surface area contributed by atoms with E-state index in [9.17, 15) is 9.90 Å². The minimum Gasteiger partial charge on any atom is -0.387 e. The van der Waals surface area contributed by atoms with Crippen molar-refractivity contribution in [2.24, 2.45) is 0 Å². The van der Waals surface area contributed by atoms with Gasteiger partial charge in [-0.05, 0) is 67.0 Å². The van der Waals surface area contributed by atoms with E-state index in [1.54, 1.807) is 18.2 Å². The van der Waals surface area contributed by atoms with E-state index in [1.165, 1.54) is 5.56 Å². The average molecular weight is 418 g/mol. The zero-order chi connectivity index (χ0) is 20.6. The Bertz CT molecular complexity index is 813. The number of hydrogen-bond donors (Lipinski definition) is 2. The van der Waals surface area contributed by atoms with Gasteiger partial charge in [0.1, 0.15) is 0 Å². The molecule has 1 fully saturated rings. The van der Waals surface area contributed by atoms with Crippen molar-refractivity contribution >= 4 is 17.6 Å². The number of aliphatic hydroxyl groups excluding tert-OH is 1. The van der Waals surface area contributed by atoms with Gasteiger partial charge in [-0.2, -0.15) is 0 Å². The van der Waals surface area contributed by atoms with Gasteiger partial charge in [-0.15, -0.1) is 0 Å². The molecule has 6 heteroatoms. The van der Waals surface area contributed by atoms with Crippen LogP contribution in [0.4, 0.5) is 0 Å². The van der Waals surface area contributed by atoms with E-state index < -0.39 is 6.10 Å². The highest BCUT2D eigenvalue weighted by Crippen LogP contribution is 2.36. The van der Waals surface area contributed by atoms with E-state index >= 15 is 0 Å². The van der Waals surface area contributed by atoms with Gasteiger partial charge >= 0.3 is 5.97 Å². The van der Waals surface area contributed by atoms with Gasteiger partial charge in [-0.25, -0.2) is 4.79 Å². The van der Waals surface area contributed by atoms with Crippen LogP contribution in [0.3, 0.4) is 0 Å². The Morgan fingerprint density at radius 2 is 2.07 bits per heavy atom. The maximum atomic E-state index is 11.5. The van der Waals surface area contributed by atoms with Crippen LogP contribution in [0.1, 0.15) is 62.2 Å². The lowest BCUT2D eigenvalue weighted by Crippen LogP contribution is -2.30. The normalized spacial score (nSPS) is 19.7. The fourth-order valence-corrected chi connectivity index (χ4v) is 3.94. The molecule has 1 saturated carbocycles. The summed E-state index contributed by atoms with van der Waals surface area (Å²) in [4.78, 5) is 21.5. The first-order valence-corrected chi connectivity index (χ1v) is 10.6. The monoisotopic (exact) mass is 417 g/mol. The van der Waals surface area contributed by atoms with Crippen LogP contribution in [0.2, 0.25) is 5.02 Å². The van der Waals surface area contributed by atoms with Crippen molar-refractivity contribution in [3.05, 3.63) is 64.7 Å². The highest BCUT2D eigenvalue weighted by atomic mass is 35.5. The molecule has 0 bridgehead atoms. The number of halogens is 1. The predicted octanol–water partition coefficient (Wildman–Crippen LogP) is 4.94. The van der Waals surface area contributed by atoms with Gasteiger partial charge in [-0.1, -0.05) is 42.8 Å². The summed E-state index contributed by atoms with van der Waals surface area (Å²) in [5, 5.41) is 14.5. The van der Waals surface area contributed by atoms with Gasteiger partial charge in [0.15, 0.2) is 5.75 Å². The Hall–Kier alpha value is -2.08. The van der Waals surface area contributed by atoms with Gasteiger partial charge in [-0.3, -0.25) is 9.78 Å². The molecule has 5 nitrogen and oxygen atoms in total. The molecule has 0 aromatic heterocycles. The van der Waals surface area contributed by atoms with E-state index in [-0.39, 0.29) is 5.97 Å². The lowest BCUT2D eigenvalue weighted by atomic mass is 9.97. The van der Waals surface area contributed by atoms with Gasteiger partial charge in [0.25, 0.3) is 0 Å². The first-order chi connectivity index (χ1) is 14.0. The summed E-state index contributed by atoms with van der Waals surface area (Å²) in [6.07, 6.45) is 3.58. The summed E-state index contributed by atoms with van der Waals surface area (Å²) in [7, 11) is 0. The Morgan fingerprint density at radius 3 is 2.86 bits per heavy atom. The van der Waals surface area contributed by atoms with Crippen LogP contribution in [0.15, 0.2) is 48.5 Å². The fourth-order valence-electron chi connectivity index (χ4n) is 3.74. The van der Waals surface area contributed by atoms with Crippen LogP contribution in [-0.2, 0) is 9.68 Å². The number of aliphatic hydroxyl groups is 1. The molecule has 2 aromatic carbocycles. The molecular formula is C23H28ClNO4. The summed E-state index contributed by atoms with van der Waals surface area (Å²) < 4.78 is 0. The number of rotatable bonds is 9. The number of carbonyl (C=O) groups is 1. The quantitative estimate of drug-likeness (QED) is 0.447. The average Bonchev–Trinajstić information content (AvgIpc) is 3.20. The molecule has 3 rings (SSSR count). The van der Waals surface area contributed by atoms with Crippen molar-refractivity contribution in [2.75, 3.05) is 6.54 Å². The molecular weight excluding hydrogens is 390 g/mol. The smallest absolute Gasteiger partial charge is 0.355 e. The highest BCUT2D eigenvalue weighted by molar-refractivity contribution is 6.30. The van der Waals surface area contributed by atoms with Gasteiger partial charge < -0.3 is 10.4 Å². The molecule has 3 atom stereocenters. The maximum absolute atomic E-state index is 11.5. The van der Waals surface area contributed by atoms with Crippen molar-refractivity contribution < 1.29 is 19.7 Å². The molecule has 0 saturated heterocycles. The van der Waals surface area contributed by atoms with Gasteiger partial charge in [0.2, 0.25) is 0 Å². The van der Waals surface area contributed by atoms with E-state index in [0.29, 0.717) is 35.7 Å². The number of nitrogens with one attached hydrogen (secondary N) is 1.